The van der Waals surface area contributed by atoms with Crippen molar-refractivity contribution in [1.82, 2.24) is 0 Å². The molecule has 0 aromatic carbocycles. The van der Waals surface area contributed by atoms with E-state index in [1.54, 1.807) is 0 Å². The standard InChI is InChI=1S/C19H42O5Si/c1-12(10-20)16(22)14(3)18(15(4)17(23)13(2)11-21)24-25(8,9)19(5,6)7/h12-18,20-23H,10-11H2,1-9H3/t12-,13+,14+,15-,16-,17+,18?. The molecule has 7 atom stereocenters. The molecule has 0 aliphatic carbocycles. The molecular formula is C19H42O5Si. The molecule has 0 heterocycles. The molecule has 0 saturated heterocycles. The monoisotopic (exact) mass is 378 g/mol. The maximum absolute atomic E-state index is 10.6. The van der Waals surface area contributed by atoms with E-state index in [4.69, 9.17) is 4.43 Å². The van der Waals surface area contributed by atoms with E-state index in [0.29, 0.717) is 0 Å². The van der Waals surface area contributed by atoms with Crippen molar-refractivity contribution in [3.63, 3.8) is 0 Å². The lowest BCUT2D eigenvalue weighted by molar-refractivity contribution is -0.0715. The van der Waals surface area contributed by atoms with E-state index >= 15 is 0 Å². The molecule has 0 spiro atoms. The quantitative estimate of drug-likeness (QED) is 0.439. The molecule has 0 aliphatic heterocycles. The maximum Gasteiger partial charge on any atom is 0.192 e. The van der Waals surface area contributed by atoms with Gasteiger partial charge in [-0.1, -0.05) is 48.5 Å². The summed E-state index contributed by atoms with van der Waals surface area (Å²) in [6, 6.07) is 0. The number of aliphatic hydroxyl groups is 4. The molecule has 0 rings (SSSR count). The number of aliphatic hydroxyl groups excluding tert-OH is 4. The molecule has 0 bridgehead atoms. The molecule has 0 aromatic heterocycles. The summed E-state index contributed by atoms with van der Waals surface area (Å²) < 4.78 is 6.61. The van der Waals surface area contributed by atoms with Gasteiger partial charge in [0.05, 0.1) is 18.3 Å². The van der Waals surface area contributed by atoms with E-state index in [0.717, 1.165) is 0 Å². The topological polar surface area (TPSA) is 90.2 Å². The van der Waals surface area contributed by atoms with Gasteiger partial charge in [0.15, 0.2) is 8.32 Å². The predicted molar refractivity (Wildman–Crippen MR) is 105 cm³/mol. The van der Waals surface area contributed by atoms with Gasteiger partial charge in [-0.05, 0) is 18.1 Å². The molecule has 0 amide bonds. The van der Waals surface area contributed by atoms with E-state index in [1.165, 1.54) is 0 Å². The van der Waals surface area contributed by atoms with E-state index < -0.39 is 20.5 Å². The Kier molecular flexibility index (Phi) is 9.82. The van der Waals surface area contributed by atoms with Crippen LogP contribution in [0.15, 0.2) is 0 Å². The van der Waals surface area contributed by atoms with Crippen LogP contribution in [-0.2, 0) is 4.43 Å². The van der Waals surface area contributed by atoms with Crippen LogP contribution in [0, 0.1) is 23.7 Å². The van der Waals surface area contributed by atoms with Gasteiger partial charge < -0.3 is 24.9 Å². The summed E-state index contributed by atoms with van der Waals surface area (Å²) in [5, 5.41) is 40.1. The first-order valence-electron chi connectivity index (χ1n) is 9.46. The lowest BCUT2D eigenvalue weighted by Crippen LogP contribution is -2.52. The zero-order valence-corrected chi connectivity index (χ0v) is 18.7. The van der Waals surface area contributed by atoms with Crippen molar-refractivity contribution in [2.24, 2.45) is 23.7 Å². The third kappa shape index (κ3) is 6.59. The second-order valence-electron chi connectivity index (χ2n) is 9.36. The summed E-state index contributed by atoms with van der Waals surface area (Å²) in [5.74, 6) is -1.01. The highest BCUT2D eigenvalue weighted by molar-refractivity contribution is 6.74. The fraction of sp³-hybridized carbons (Fsp3) is 1.00. The molecule has 0 aromatic rings. The molecule has 5 nitrogen and oxygen atoms in total. The van der Waals surface area contributed by atoms with Crippen LogP contribution in [0.4, 0.5) is 0 Å². The van der Waals surface area contributed by atoms with Crippen LogP contribution < -0.4 is 0 Å². The Labute approximate surface area is 155 Å². The molecule has 25 heavy (non-hydrogen) atoms. The minimum absolute atomic E-state index is 0.00574. The van der Waals surface area contributed by atoms with Gasteiger partial charge in [-0.3, -0.25) is 0 Å². The van der Waals surface area contributed by atoms with Gasteiger partial charge in [0.1, 0.15) is 0 Å². The highest BCUT2D eigenvalue weighted by atomic mass is 28.4. The Morgan fingerprint density at radius 1 is 0.800 bits per heavy atom. The number of hydrogen-bond donors (Lipinski definition) is 4. The smallest absolute Gasteiger partial charge is 0.192 e. The average molecular weight is 379 g/mol. The van der Waals surface area contributed by atoms with Crippen molar-refractivity contribution in [2.45, 2.75) is 84.9 Å². The van der Waals surface area contributed by atoms with Crippen LogP contribution in [0.1, 0.15) is 48.5 Å². The Morgan fingerprint density at radius 2 is 1.12 bits per heavy atom. The highest BCUT2D eigenvalue weighted by Crippen LogP contribution is 2.40. The summed E-state index contributed by atoms with van der Waals surface area (Å²) in [5.41, 5.74) is 0. The first-order chi connectivity index (χ1) is 11.2. The summed E-state index contributed by atoms with van der Waals surface area (Å²) >= 11 is 0. The Morgan fingerprint density at radius 3 is 1.36 bits per heavy atom. The van der Waals surface area contributed by atoms with Crippen LogP contribution in [-0.4, -0.2) is 60.3 Å². The largest absolute Gasteiger partial charge is 0.413 e. The molecule has 0 saturated carbocycles. The molecule has 4 N–H and O–H groups in total. The first kappa shape index (κ1) is 25.0. The van der Waals surface area contributed by atoms with Gasteiger partial charge in [0.2, 0.25) is 0 Å². The fourth-order valence-corrected chi connectivity index (χ4v) is 4.31. The van der Waals surface area contributed by atoms with Crippen molar-refractivity contribution in [2.75, 3.05) is 13.2 Å². The number of rotatable bonds is 10. The third-order valence-corrected chi connectivity index (χ3v) is 10.6. The van der Waals surface area contributed by atoms with Crippen LogP contribution >= 0.6 is 0 Å². The summed E-state index contributed by atoms with van der Waals surface area (Å²) in [6.07, 6.45) is -1.80. The lowest BCUT2D eigenvalue weighted by Gasteiger charge is -2.45. The predicted octanol–water partition coefficient (Wildman–Crippen LogP) is 2.63. The fourth-order valence-electron chi connectivity index (χ4n) is 2.85. The van der Waals surface area contributed by atoms with Gasteiger partial charge >= 0.3 is 0 Å². The normalized spacial score (nSPS) is 22.0. The summed E-state index contributed by atoms with van der Waals surface area (Å²) in [4.78, 5) is 0. The second-order valence-corrected chi connectivity index (χ2v) is 14.1. The molecule has 6 heteroatoms. The van der Waals surface area contributed by atoms with Crippen LogP contribution in [0.2, 0.25) is 18.1 Å². The van der Waals surface area contributed by atoms with E-state index in [2.05, 4.69) is 33.9 Å². The lowest BCUT2D eigenvalue weighted by atomic mass is 9.80. The average Bonchev–Trinajstić information content (AvgIpc) is 2.54. The zero-order valence-electron chi connectivity index (χ0n) is 17.7. The highest BCUT2D eigenvalue weighted by Gasteiger charge is 2.44. The van der Waals surface area contributed by atoms with Crippen LogP contribution in [0.25, 0.3) is 0 Å². The minimum Gasteiger partial charge on any atom is -0.413 e. The minimum atomic E-state index is -2.12. The van der Waals surface area contributed by atoms with E-state index in [9.17, 15) is 20.4 Å². The molecule has 152 valence electrons. The third-order valence-electron chi connectivity index (χ3n) is 6.09. The zero-order chi connectivity index (χ0) is 20.2. The van der Waals surface area contributed by atoms with Gasteiger partial charge in [0.25, 0.3) is 0 Å². The number of hydrogen-bond acceptors (Lipinski definition) is 5. The molecule has 0 aliphatic rings. The summed E-state index contributed by atoms with van der Waals surface area (Å²) in [6.45, 7) is 18.0. The van der Waals surface area contributed by atoms with Gasteiger partial charge in [-0.25, -0.2) is 0 Å². The van der Waals surface area contributed by atoms with E-state index in [1.807, 2.05) is 27.7 Å². The Balaban J connectivity index is 5.65. The second kappa shape index (κ2) is 9.81. The molecule has 0 radical (unpaired) electrons. The molecule has 1 unspecified atom stereocenters. The Bertz CT molecular complexity index is 361. The Hall–Kier alpha value is 0.0169. The van der Waals surface area contributed by atoms with Crippen LogP contribution in [0.3, 0.4) is 0 Å². The van der Waals surface area contributed by atoms with Crippen LogP contribution in [0.5, 0.6) is 0 Å². The molecule has 0 fully saturated rings. The van der Waals surface area contributed by atoms with Gasteiger partial charge in [-0.15, -0.1) is 0 Å². The van der Waals surface area contributed by atoms with Gasteiger partial charge in [0, 0.05) is 36.9 Å². The SMILES string of the molecule is C[C@H](CO)[C@@H](O)[C@H](C)C(O[Si](C)(C)C(C)(C)C)[C@H](C)[C@@H](O)[C@@H](C)CO. The van der Waals surface area contributed by atoms with Gasteiger partial charge in [-0.2, -0.15) is 0 Å². The van der Waals surface area contributed by atoms with E-state index in [-0.39, 0.29) is 48.0 Å². The van der Waals surface area contributed by atoms with Crippen molar-refractivity contribution >= 4 is 8.32 Å². The van der Waals surface area contributed by atoms with Crippen molar-refractivity contribution in [1.29, 1.82) is 0 Å². The maximum atomic E-state index is 10.6. The van der Waals surface area contributed by atoms with Crippen molar-refractivity contribution in [3.8, 4) is 0 Å². The molecular weight excluding hydrogens is 336 g/mol. The first-order valence-corrected chi connectivity index (χ1v) is 12.4. The van der Waals surface area contributed by atoms with Crippen molar-refractivity contribution in [3.05, 3.63) is 0 Å². The van der Waals surface area contributed by atoms with Crippen molar-refractivity contribution < 1.29 is 24.9 Å². The summed E-state index contributed by atoms with van der Waals surface area (Å²) in [7, 11) is -2.12.